The number of fused-ring (bicyclic) bond motifs is 1. The van der Waals surface area contributed by atoms with Crippen LogP contribution in [0.1, 0.15) is 38.8 Å². The molecule has 0 aromatic heterocycles. The van der Waals surface area contributed by atoms with Crippen molar-refractivity contribution in [1.82, 2.24) is 10.0 Å². The molecule has 0 saturated heterocycles. The Hall–Kier alpha value is -2.91. The van der Waals surface area contributed by atoms with E-state index in [2.05, 4.69) is 10.0 Å². The van der Waals surface area contributed by atoms with Gasteiger partial charge in [-0.1, -0.05) is 26.0 Å². The monoisotopic (exact) mass is 473 g/mol. The van der Waals surface area contributed by atoms with Crippen LogP contribution < -0.4 is 19.7 Å². The lowest BCUT2D eigenvalue weighted by molar-refractivity contribution is -0.123. The molecule has 33 heavy (non-hydrogen) atoms. The molecule has 8 nitrogen and oxygen atoms in total. The van der Waals surface area contributed by atoms with Crippen LogP contribution >= 0.6 is 0 Å². The van der Waals surface area contributed by atoms with Gasteiger partial charge in [0.25, 0.3) is 0 Å². The second kappa shape index (κ2) is 9.93. The van der Waals surface area contributed by atoms with Crippen molar-refractivity contribution in [2.45, 2.75) is 57.6 Å². The molecule has 0 radical (unpaired) electrons. The van der Waals surface area contributed by atoms with Crippen molar-refractivity contribution in [3.63, 3.8) is 0 Å². The van der Waals surface area contributed by atoms with Crippen LogP contribution in [0.4, 0.5) is 5.69 Å². The summed E-state index contributed by atoms with van der Waals surface area (Å²) in [5.41, 5.74) is 2.37. The van der Waals surface area contributed by atoms with Crippen LogP contribution in [0.15, 0.2) is 47.4 Å². The van der Waals surface area contributed by atoms with E-state index in [0.29, 0.717) is 12.2 Å². The summed E-state index contributed by atoms with van der Waals surface area (Å²) in [5.74, 6) is -0.0821. The minimum Gasteiger partial charge on any atom is -0.497 e. The normalized spacial score (nSPS) is 16.4. The lowest BCUT2D eigenvalue weighted by Gasteiger charge is -2.22. The summed E-state index contributed by atoms with van der Waals surface area (Å²) in [6.07, 6.45) is 0.576. The van der Waals surface area contributed by atoms with E-state index in [1.807, 2.05) is 31.2 Å². The molecule has 2 aromatic carbocycles. The van der Waals surface area contributed by atoms with Gasteiger partial charge in [-0.05, 0) is 60.7 Å². The van der Waals surface area contributed by atoms with Crippen LogP contribution in [-0.2, 0) is 32.6 Å². The molecule has 178 valence electrons. The van der Waals surface area contributed by atoms with Gasteiger partial charge in [0.1, 0.15) is 11.8 Å². The van der Waals surface area contributed by atoms with Crippen molar-refractivity contribution in [1.29, 1.82) is 0 Å². The van der Waals surface area contributed by atoms with Gasteiger partial charge in [-0.15, -0.1) is 0 Å². The van der Waals surface area contributed by atoms with E-state index in [-0.39, 0.29) is 29.3 Å². The zero-order chi connectivity index (χ0) is 24.3. The summed E-state index contributed by atoms with van der Waals surface area (Å²) in [6, 6.07) is 11.0. The van der Waals surface area contributed by atoms with Crippen LogP contribution in [-0.4, -0.2) is 39.4 Å². The molecule has 2 N–H and O–H groups in total. The van der Waals surface area contributed by atoms with Gasteiger partial charge >= 0.3 is 0 Å². The lowest BCUT2D eigenvalue weighted by Crippen LogP contribution is -2.49. The Labute approximate surface area is 195 Å². The third-order valence-electron chi connectivity index (χ3n) is 5.75. The first-order valence-corrected chi connectivity index (χ1v) is 12.4. The first-order valence-electron chi connectivity index (χ1n) is 10.9. The van der Waals surface area contributed by atoms with Crippen molar-refractivity contribution in [3.05, 3.63) is 53.6 Å². The van der Waals surface area contributed by atoms with Crippen molar-refractivity contribution in [2.24, 2.45) is 5.92 Å². The first kappa shape index (κ1) is 24.7. The Balaban J connectivity index is 1.75. The number of ether oxygens (including phenoxy) is 1. The van der Waals surface area contributed by atoms with E-state index in [4.69, 9.17) is 4.74 Å². The highest BCUT2D eigenvalue weighted by molar-refractivity contribution is 7.89. The number of rotatable bonds is 8. The summed E-state index contributed by atoms with van der Waals surface area (Å²) in [4.78, 5) is 26.5. The third-order valence-corrected chi connectivity index (χ3v) is 7.19. The van der Waals surface area contributed by atoms with Crippen molar-refractivity contribution < 1.29 is 22.7 Å². The Morgan fingerprint density at radius 3 is 2.55 bits per heavy atom. The number of sulfonamides is 1. The Morgan fingerprint density at radius 1 is 1.18 bits per heavy atom. The summed E-state index contributed by atoms with van der Waals surface area (Å²) >= 11 is 0. The van der Waals surface area contributed by atoms with Crippen LogP contribution in [0, 0.1) is 5.92 Å². The van der Waals surface area contributed by atoms with Crippen molar-refractivity contribution in [2.75, 3.05) is 12.0 Å². The molecule has 0 unspecified atom stereocenters. The Morgan fingerprint density at radius 2 is 1.91 bits per heavy atom. The summed E-state index contributed by atoms with van der Waals surface area (Å²) < 4.78 is 34.0. The van der Waals surface area contributed by atoms with E-state index >= 15 is 0 Å². The quantitative estimate of drug-likeness (QED) is 0.613. The first-order chi connectivity index (χ1) is 15.5. The summed E-state index contributed by atoms with van der Waals surface area (Å²) in [5, 5.41) is 2.81. The number of carbonyl (C=O) groups excluding carboxylic acids is 2. The SMILES string of the molecule is COc1cccc(CNC(=O)[C@H](NS(=O)(=O)c2ccc3c(c2)C[C@H](C)N3C(C)=O)C(C)C)c1. The van der Waals surface area contributed by atoms with Gasteiger partial charge in [-0.25, -0.2) is 8.42 Å². The highest BCUT2D eigenvalue weighted by atomic mass is 32.2. The number of methoxy groups -OCH3 is 1. The van der Waals surface area contributed by atoms with Crippen LogP contribution in [0.2, 0.25) is 0 Å². The molecule has 0 fully saturated rings. The number of hydrogen-bond donors (Lipinski definition) is 2. The molecule has 0 spiro atoms. The Kier molecular flexibility index (Phi) is 7.44. The van der Waals surface area contributed by atoms with Crippen LogP contribution in [0.3, 0.4) is 0 Å². The van der Waals surface area contributed by atoms with Gasteiger partial charge in [0.2, 0.25) is 21.8 Å². The van der Waals surface area contributed by atoms with Gasteiger partial charge in [0.05, 0.1) is 12.0 Å². The summed E-state index contributed by atoms with van der Waals surface area (Å²) in [6.45, 7) is 7.24. The predicted octanol–water partition coefficient (Wildman–Crippen LogP) is 2.61. The minimum absolute atomic E-state index is 0.0331. The number of anilines is 1. The van der Waals surface area contributed by atoms with E-state index in [1.54, 1.807) is 38.0 Å². The Bertz CT molecular complexity index is 1150. The molecule has 0 aliphatic carbocycles. The largest absolute Gasteiger partial charge is 0.497 e. The molecule has 3 rings (SSSR count). The van der Waals surface area contributed by atoms with Crippen LogP contribution in [0.25, 0.3) is 0 Å². The van der Waals surface area contributed by atoms with E-state index in [0.717, 1.165) is 16.8 Å². The van der Waals surface area contributed by atoms with Gasteiger partial charge < -0.3 is 15.0 Å². The molecule has 2 atom stereocenters. The highest BCUT2D eigenvalue weighted by Crippen LogP contribution is 2.34. The van der Waals surface area contributed by atoms with Gasteiger partial charge in [0.15, 0.2) is 0 Å². The van der Waals surface area contributed by atoms with Gasteiger partial charge in [-0.2, -0.15) is 4.72 Å². The molecule has 2 amide bonds. The van der Waals surface area contributed by atoms with Crippen molar-refractivity contribution in [3.8, 4) is 5.75 Å². The summed E-state index contributed by atoms with van der Waals surface area (Å²) in [7, 11) is -2.39. The highest BCUT2D eigenvalue weighted by Gasteiger charge is 2.32. The topological polar surface area (TPSA) is 105 Å². The van der Waals surface area contributed by atoms with E-state index in [9.17, 15) is 18.0 Å². The number of nitrogens with one attached hydrogen (secondary N) is 2. The van der Waals surface area contributed by atoms with Gasteiger partial charge in [0, 0.05) is 25.2 Å². The van der Waals surface area contributed by atoms with Crippen molar-refractivity contribution >= 4 is 27.5 Å². The number of nitrogens with zero attached hydrogens (tertiary/aromatic N) is 1. The molecule has 1 heterocycles. The third kappa shape index (κ3) is 5.54. The molecule has 1 aliphatic heterocycles. The van der Waals surface area contributed by atoms with Gasteiger partial charge in [-0.3, -0.25) is 9.59 Å². The molecule has 0 saturated carbocycles. The fourth-order valence-corrected chi connectivity index (χ4v) is 5.46. The maximum atomic E-state index is 13.1. The zero-order valence-electron chi connectivity index (χ0n) is 19.6. The fraction of sp³-hybridized carbons (Fsp3) is 0.417. The van der Waals surface area contributed by atoms with E-state index in [1.165, 1.54) is 13.0 Å². The standard InChI is InChI=1S/C24H31N3O5S/c1-15(2)23(24(29)25-14-18-7-6-8-20(12-18)32-5)26-33(30,31)21-9-10-22-19(13-21)11-16(3)27(22)17(4)28/h6-10,12-13,15-16,23,26H,11,14H2,1-5H3,(H,25,29)/t16-,23+/m0/s1. The van der Waals surface area contributed by atoms with Crippen LogP contribution in [0.5, 0.6) is 5.75 Å². The molecular weight excluding hydrogens is 442 g/mol. The minimum atomic E-state index is -3.95. The molecule has 9 heteroatoms. The maximum absolute atomic E-state index is 13.1. The van der Waals surface area contributed by atoms with E-state index < -0.39 is 22.0 Å². The average Bonchev–Trinajstić information content (AvgIpc) is 3.10. The zero-order valence-corrected chi connectivity index (χ0v) is 20.4. The number of amides is 2. The average molecular weight is 474 g/mol. The number of benzene rings is 2. The second-order valence-corrected chi connectivity index (χ2v) is 10.4. The maximum Gasteiger partial charge on any atom is 0.241 e. The number of carbonyl (C=O) groups is 2. The number of hydrogen-bond acceptors (Lipinski definition) is 5. The molecule has 1 aliphatic rings. The molecule has 2 aromatic rings. The molecular formula is C24H31N3O5S. The smallest absolute Gasteiger partial charge is 0.241 e. The lowest BCUT2D eigenvalue weighted by atomic mass is 10.0. The fourth-order valence-electron chi connectivity index (χ4n) is 4.06. The molecule has 0 bridgehead atoms. The second-order valence-electron chi connectivity index (χ2n) is 8.64. The predicted molar refractivity (Wildman–Crippen MR) is 127 cm³/mol.